The molecule has 0 radical (unpaired) electrons. The van der Waals surface area contributed by atoms with Gasteiger partial charge in [-0.3, -0.25) is 4.79 Å². The normalized spacial score (nSPS) is 12.8. The molecular formula is C19H33N3O4S. The Labute approximate surface area is 163 Å². The fourth-order valence-electron chi connectivity index (χ4n) is 2.75. The third kappa shape index (κ3) is 9.21. The zero-order valence-corrected chi connectivity index (χ0v) is 17.6. The molecule has 0 bridgehead atoms. The first-order chi connectivity index (χ1) is 12.8. The van der Waals surface area contributed by atoms with Crippen molar-refractivity contribution in [3.63, 3.8) is 0 Å². The van der Waals surface area contributed by atoms with Gasteiger partial charge in [-0.25, -0.2) is 13.1 Å². The number of carbonyl (C=O) groups is 1. The number of nitrogens with one attached hydrogen (secondary N) is 2. The van der Waals surface area contributed by atoms with E-state index in [2.05, 4.69) is 28.8 Å². The molecule has 0 saturated carbocycles. The Morgan fingerprint density at radius 1 is 1.26 bits per heavy atom. The molecule has 0 spiro atoms. The van der Waals surface area contributed by atoms with E-state index in [-0.39, 0.29) is 24.2 Å². The number of benzene rings is 1. The molecule has 0 aromatic heterocycles. The molecule has 1 rings (SSSR count). The number of hydrogen-bond donors (Lipinski definition) is 2. The summed E-state index contributed by atoms with van der Waals surface area (Å²) in [6.07, 6.45) is 1.73. The molecular weight excluding hydrogens is 366 g/mol. The van der Waals surface area contributed by atoms with Gasteiger partial charge in [-0.15, -0.1) is 0 Å². The summed E-state index contributed by atoms with van der Waals surface area (Å²) in [5, 5.41) is 2.63. The number of rotatable bonds is 13. The number of nitrogens with zero attached hydrogens (tertiary/aromatic N) is 1. The Bertz CT molecular complexity index is 675. The number of amides is 1. The van der Waals surface area contributed by atoms with Crippen LogP contribution < -0.4 is 14.8 Å². The summed E-state index contributed by atoms with van der Waals surface area (Å²) < 4.78 is 32.1. The Morgan fingerprint density at radius 3 is 2.59 bits per heavy atom. The fraction of sp³-hybridized carbons (Fsp3) is 0.632. The van der Waals surface area contributed by atoms with Crippen LogP contribution in [0.1, 0.15) is 44.0 Å². The summed E-state index contributed by atoms with van der Waals surface area (Å²) in [6, 6.07) is 6.60. The molecule has 1 amide bonds. The van der Waals surface area contributed by atoms with Gasteiger partial charge in [-0.1, -0.05) is 19.9 Å². The average molecular weight is 400 g/mol. The predicted octanol–water partition coefficient (Wildman–Crippen LogP) is 1.85. The average Bonchev–Trinajstić information content (AvgIpc) is 2.64. The van der Waals surface area contributed by atoms with Gasteiger partial charge in [0, 0.05) is 18.2 Å². The van der Waals surface area contributed by atoms with Crippen molar-refractivity contribution in [2.75, 3.05) is 39.0 Å². The minimum atomic E-state index is -3.44. The standard InChI is InChI=1S/C19H33N3O4S/c1-5-22(6-2)13-8-9-16(3)21-27(24,25)14-12-20-19(23)17-10-7-11-18(15-17)26-4/h7,10-11,15-16,21H,5-6,8-9,12-14H2,1-4H3,(H,20,23)/t16-/m1/s1. The quantitative estimate of drug-likeness (QED) is 0.529. The lowest BCUT2D eigenvalue weighted by Crippen LogP contribution is -2.38. The zero-order valence-electron chi connectivity index (χ0n) is 16.8. The lowest BCUT2D eigenvalue weighted by molar-refractivity contribution is 0.0955. The van der Waals surface area contributed by atoms with E-state index >= 15 is 0 Å². The van der Waals surface area contributed by atoms with Crippen LogP contribution in [0.3, 0.4) is 0 Å². The monoisotopic (exact) mass is 399 g/mol. The van der Waals surface area contributed by atoms with Gasteiger partial charge in [0.1, 0.15) is 5.75 Å². The highest BCUT2D eigenvalue weighted by Gasteiger charge is 2.15. The number of ether oxygens (including phenoxy) is 1. The highest BCUT2D eigenvalue weighted by molar-refractivity contribution is 7.89. The molecule has 0 heterocycles. The van der Waals surface area contributed by atoms with Gasteiger partial charge in [0.15, 0.2) is 0 Å². The van der Waals surface area contributed by atoms with Gasteiger partial charge < -0.3 is 15.0 Å². The first kappa shape index (κ1) is 23.4. The molecule has 2 N–H and O–H groups in total. The Hall–Kier alpha value is -1.64. The summed E-state index contributed by atoms with van der Waals surface area (Å²) >= 11 is 0. The maximum atomic E-state index is 12.2. The van der Waals surface area contributed by atoms with Crippen molar-refractivity contribution in [2.24, 2.45) is 0 Å². The second-order valence-electron chi connectivity index (χ2n) is 6.49. The lowest BCUT2D eigenvalue weighted by Gasteiger charge is -2.19. The molecule has 0 saturated heterocycles. The van der Waals surface area contributed by atoms with Gasteiger partial charge in [0.05, 0.1) is 12.9 Å². The lowest BCUT2D eigenvalue weighted by atomic mass is 10.2. The smallest absolute Gasteiger partial charge is 0.251 e. The van der Waals surface area contributed by atoms with Crippen LogP contribution in [0, 0.1) is 0 Å². The maximum Gasteiger partial charge on any atom is 0.251 e. The van der Waals surface area contributed by atoms with Crippen LogP contribution in [0.25, 0.3) is 0 Å². The number of sulfonamides is 1. The van der Waals surface area contributed by atoms with E-state index in [1.807, 2.05) is 6.92 Å². The molecule has 1 aromatic carbocycles. The third-order valence-corrected chi connectivity index (χ3v) is 5.88. The number of hydrogen-bond acceptors (Lipinski definition) is 5. The summed E-state index contributed by atoms with van der Waals surface area (Å²) in [7, 11) is -1.91. The Morgan fingerprint density at radius 2 is 1.96 bits per heavy atom. The fourth-order valence-corrected chi connectivity index (χ4v) is 3.97. The molecule has 0 fully saturated rings. The van der Waals surface area contributed by atoms with E-state index in [9.17, 15) is 13.2 Å². The maximum absolute atomic E-state index is 12.2. The Kier molecular flexibility index (Phi) is 10.4. The first-order valence-corrected chi connectivity index (χ1v) is 11.1. The van der Waals surface area contributed by atoms with Crippen molar-refractivity contribution in [3.05, 3.63) is 29.8 Å². The van der Waals surface area contributed by atoms with E-state index in [0.29, 0.717) is 11.3 Å². The van der Waals surface area contributed by atoms with E-state index in [0.717, 1.165) is 32.5 Å². The van der Waals surface area contributed by atoms with Crippen LogP contribution in [0.15, 0.2) is 24.3 Å². The molecule has 7 nitrogen and oxygen atoms in total. The zero-order chi connectivity index (χ0) is 20.3. The second-order valence-corrected chi connectivity index (χ2v) is 8.37. The van der Waals surface area contributed by atoms with E-state index in [1.165, 1.54) is 7.11 Å². The third-order valence-electron chi connectivity index (χ3n) is 4.37. The largest absolute Gasteiger partial charge is 0.497 e. The predicted molar refractivity (Wildman–Crippen MR) is 109 cm³/mol. The summed E-state index contributed by atoms with van der Waals surface area (Å²) in [5.41, 5.74) is 0.435. The summed E-state index contributed by atoms with van der Waals surface area (Å²) in [4.78, 5) is 14.4. The van der Waals surface area contributed by atoms with Crippen molar-refractivity contribution in [1.29, 1.82) is 0 Å². The molecule has 0 aliphatic rings. The van der Waals surface area contributed by atoms with Crippen molar-refractivity contribution < 1.29 is 17.9 Å². The van der Waals surface area contributed by atoms with E-state index < -0.39 is 10.0 Å². The molecule has 154 valence electrons. The molecule has 1 aromatic rings. The van der Waals surface area contributed by atoms with Crippen molar-refractivity contribution in [2.45, 2.75) is 39.7 Å². The van der Waals surface area contributed by atoms with Crippen LogP contribution in [0.2, 0.25) is 0 Å². The van der Waals surface area contributed by atoms with Crippen molar-refractivity contribution in [3.8, 4) is 5.75 Å². The molecule has 27 heavy (non-hydrogen) atoms. The molecule has 0 aliphatic heterocycles. The van der Waals surface area contributed by atoms with Gasteiger partial charge in [0.25, 0.3) is 5.91 Å². The van der Waals surface area contributed by atoms with Gasteiger partial charge in [-0.05, 0) is 57.6 Å². The summed E-state index contributed by atoms with van der Waals surface area (Å²) in [5.74, 6) is 0.107. The highest BCUT2D eigenvalue weighted by Crippen LogP contribution is 2.12. The van der Waals surface area contributed by atoms with Crippen LogP contribution >= 0.6 is 0 Å². The molecule has 0 unspecified atom stereocenters. The van der Waals surface area contributed by atoms with E-state index in [4.69, 9.17) is 4.74 Å². The van der Waals surface area contributed by atoms with Gasteiger partial charge in [-0.2, -0.15) is 0 Å². The minimum Gasteiger partial charge on any atom is -0.497 e. The van der Waals surface area contributed by atoms with Crippen LogP contribution in [0.4, 0.5) is 0 Å². The molecule has 0 aliphatic carbocycles. The van der Waals surface area contributed by atoms with Crippen LogP contribution in [0.5, 0.6) is 5.75 Å². The second kappa shape index (κ2) is 11.9. The van der Waals surface area contributed by atoms with Gasteiger partial charge >= 0.3 is 0 Å². The topological polar surface area (TPSA) is 87.7 Å². The summed E-state index contributed by atoms with van der Waals surface area (Å²) in [6.45, 7) is 9.14. The van der Waals surface area contributed by atoms with Gasteiger partial charge in [0.2, 0.25) is 10.0 Å². The van der Waals surface area contributed by atoms with Crippen LogP contribution in [-0.4, -0.2) is 64.3 Å². The Balaban J connectivity index is 2.36. The highest BCUT2D eigenvalue weighted by atomic mass is 32.2. The minimum absolute atomic E-state index is 0.0531. The number of methoxy groups -OCH3 is 1. The SMILES string of the molecule is CCN(CC)CCC[C@@H](C)NS(=O)(=O)CCNC(=O)c1cccc(OC)c1. The van der Waals surface area contributed by atoms with Crippen molar-refractivity contribution in [1.82, 2.24) is 14.9 Å². The molecule has 1 atom stereocenters. The first-order valence-electron chi connectivity index (χ1n) is 9.45. The van der Waals surface area contributed by atoms with Crippen LogP contribution in [-0.2, 0) is 10.0 Å². The van der Waals surface area contributed by atoms with Crippen molar-refractivity contribution >= 4 is 15.9 Å². The number of carbonyl (C=O) groups excluding carboxylic acids is 1. The molecule has 8 heteroatoms. The van der Waals surface area contributed by atoms with E-state index in [1.54, 1.807) is 24.3 Å².